The lowest BCUT2D eigenvalue weighted by molar-refractivity contribution is 1.47. The predicted molar refractivity (Wildman–Crippen MR) is 124 cm³/mol. The Morgan fingerprint density at radius 1 is 0.464 bits per heavy atom. The smallest absolute Gasteiger partial charge is 0.0623 e. The summed E-state index contributed by atoms with van der Waals surface area (Å²) in [5.41, 5.74) is 9.45. The fourth-order valence-corrected chi connectivity index (χ4v) is 7.81. The van der Waals surface area contributed by atoms with Gasteiger partial charge in [-0.1, -0.05) is 110 Å². The SMILES string of the molecule is Cc1ccc2c(c1)-c1ccccc1-c1ccccc1-c1ccccc1[Si]2(C)C. The van der Waals surface area contributed by atoms with Gasteiger partial charge in [0.1, 0.15) is 8.07 Å². The minimum absolute atomic E-state index is 1.32. The molecule has 0 bridgehead atoms. The summed E-state index contributed by atoms with van der Waals surface area (Å²) in [4.78, 5) is 0. The zero-order valence-electron chi connectivity index (χ0n) is 16.7. The quantitative estimate of drug-likeness (QED) is 0.324. The van der Waals surface area contributed by atoms with E-state index in [0.717, 1.165) is 0 Å². The normalized spacial score (nSPS) is 13.8. The van der Waals surface area contributed by atoms with Crippen LogP contribution in [-0.4, -0.2) is 8.07 Å². The highest BCUT2D eigenvalue weighted by molar-refractivity contribution is 7.02. The van der Waals surface area contributed by atoms with Crippen molar-refractivity contribution in [3.8, 4) is 33.4 Å². The summed E-state index contributed by atoms with van der Waals surface area (Å²) in [7, 11) is -1.91. The van der Waals surface area contributed by atoms with Gasteiger partial charge in [-0.3, -0.25) is 0 Å². The molecule has 0 aliphatic carbocycles. The van der Waals surface area contributed by atoms with Gasteiger partial charge in [-0.25, -0.2) is 0 Å². The van der Waals surface area contributed by atoms with Crippen LogP contribution in [0.4, 0.5) is 0 Å². The van der Waals surface area contributed by atoms with E-state index in [2.05, 4.69) is 111 Å². The minimum Gasteiger partial charge on any atom is -0.0623 e. The second kappa shape index (κ2) is 6.32. The number of aryl methyl sites for hydroxylation is 1. The topological polar surface area (TPSA) is 0 Å². The third kappa shape index (κ3) is 2.51. The summed E-state index contributed by atoms with van der Waals surface area (Å²) in [5, 5.41) is 3.03. The van der Waals surface area contributed by atoms with Gasteiger partial charge < -0.3 is 0 Å². The predicted octanol–water partition coefficient (Wildman–Crippen LogP) is 6.13. The van der Waals surface area contributed by atoms with Crippen LogP contribution in [0.5, 0.6) is 0 Å². The Kier molecular flexibility index (Phi) is 3.89. The molecule has 1 aliphatic rings. The van der Waals surface area contributed by atoms with E-state index in [1.165, 1.54) is 49.3 Å². The maximum Gasteiger partial charge on any atom is 0.113 e. The number of fused-ring (bicyclic) bond motifs is 7. The van der Waals surface area contributed by atoms with Crippen LogP contribution in [-0.2, 0) is 0 Å². The number of benzene rings is 4. The van der Waals surface area contributed by atoms with Crippen molar-refractivity contribution in [2.45, 2.75) is 20.0 Å². The molecule has 28 heavy (non-hydrogen) atoms. The Hall–Kier alpha value is -2.90. The summed E-state index contributed by atoms with van der Waals surface area (Å²) in [6, 6.07) is 33.9. The second-order valence-corrected chi connectivity index (χ2v) is 12.6. The van der Waals surface area contributed by atoms with Crippen molar-refractivity contribution in [2.24, 2.45) is 0 Å². The zero-order chi connectivity index (χ0) is 19.3. The maximum atomic E-state index is 2.50. The molecule has 0 amide bonds. The molecule has 0 nitrogen and oxygen atoms in total. The van der Waals surface area contributed by atoms with Crippen LogP contribution in [0.15, 0.2) is 91.0 Å². The van der Waals surface area contributed by atoms with Gasteiger partial charge >= 0.3 is 0 Å². The first-order valence-corrected chi connectivity index (χ1v) is 13.0. The average molecular weight is 377 g/mol. The van der Waals surface area contributed by atoms with E-state index in [1.807, 2.05) is 0 Å². The van der Waals surface area contributed by atoms with Gasteiger partial charge in [-0.15, -0.1) is 0 Å². The van der Waals surface area contributed by atoms with Crippen molar-refractivity contribution < 1.29 is 0 Å². The highest BCUT2D eigenvalue weighted by Crippen LogP contribution is 2.39. The number of hydrogen-bond acceptors (Lipinski definition) is 0. The zero-order valence-corrected chi connectivity index (χ0v) is 17.7. The van der Waals surface area contributed by atoms with E-state index >= 15 is 0 Å². The molecule has 0 aromatic heterocycles. The van der Waals surface area contributed by atoms with Crippen LogP contribution in [0.1, 0.15) is 5.56 Å². The molecule has 0 atom stereocenters. The van der Waals surface area contributed by atoms with Crippen LogP contribution < -0.4 is 10.4 Å². The highest BCUT2D eigenvalue weighted by atomic mass is 28.3. The Morgan fingerprint density at radius 3 is 1.50 bits per heavy atom. The van der Waals surface area contributed by atoms with Gasteiger partial charge in [0.25, 0.3) is 0 Å². The van der Waals surface area contributed by atoms with Gasteiger partial charge in [-0.2, -0.15) is 0 Å². The minimum atomic E-state index is -1.91. The van der Waals surface area contributed by atoms with Crippen molar-refractivity contribution in [1.82, 2.24) is 0 Å². The largest absolute Gasteiger partial charge is 0.113 e. The molecular formula is C27H24Si. The summed E-state index contributed by atoms with van der Waals surface area (Å²) >= 11 is 0. The van der Waals surface area contributed by atoms with E-state index < -0.39 is 8.07 Å². The van der Waals surface area contributed by atoms with E-state index in [-0.39, 0.29) is 0 Å². The standard InChI is InChI=1S/C27H24Si/c1-19-16-17-27-25(18-19)23-13-7-5-11-21(23)20-10-4-6-12-22(20)24-14-8-9-15-26(24)28(27,2)3/h4-18H,1-3H3. The van der Waals surface area contributed by atoms with Gasteiger partial charge in [0.15, 0.2) is 0 Å². The third-order valence-electron chi connectivity index (χ3n) is 6.17. The number of hydrogen-bond donors (Lipinski definition) is 0. The second-order valence-electron chi connectivity index (χ2n) is 8.31. The molecule has 136 valence electrons. The lowest BCUT2D eigenvalue weighted by Gasteiger charge is -2.28. The van der Waals surface area contributed by atoms with Crippen molar-refractivity contribution in [1.29, 1.82) is 0 Å². The molecule has 0 radical (unpaired) electrons. The maximum absolute atomic E-state index is 2.50. The summed E-state index contributed by atoms with van der Waals surface area (Å²) in [6.45, 7) is 7.19. The Morgan fingerprint density at radius 2 is 0.893 bits per heavy atom. The molecule has 0 spiro atoms. The van der Waals surface area contributed by atoms with Gasteiger partial charge in [0.2, 0.25) is 0 Å². The molecule has 0 N–H and O–H groups in total. The first kappa shape index (κ1) is 17.2. The molecule has 4 aromatic carbocycles. The average Bonchev–Trinajstić information content (AvgIpc) is 2.75. The first-order valence-electron chi connectivity index (χ1n) is 9.97. The van der Waals surface area contributed by atoms with Crippen molar-refractivity contribution >= 4 is 18.4 Å². The van der Waals surface area contributed by atoms with E-state index in [4.69, 9.17) is 0 Å². The van der Waals surface area contributed by atoms with Crippen molar-refractivity contribution in [2.75, 3.05) is 0 Å². The molecule has 0 saturated carbocycles. The fourth-order valence-electron chi connectivity index (χ4n) is 4.74. The van der Waals surface area contributed by atoms with Gasteiger partial charge in [0.05, 0.1) is 0 Å². The first-order chi connectivity index (χ1) is 13.6. The van der Waals surface area contributed by atoms with Crippen LogP contribution in [0.2, 0.25) is 13.1 Å². The lowest BCUT2D eigenvalue weighted by Crippen LogP contribution is -2.54. The Labute approximate surface area is 168 Å². The van der Waals surface area contributed by atoms with E-state index in [0.29, 0.717) is 0 Å². The molecule has 0 fully saturated rings. The van der Waals surface area contributed by atoms with Crippen molar-refractivity contribution in [3.63, 3.8) is 0 Å². The highest BCUT2D eigenvalue weighted by Gasteiger charge is 2.33. The van der Waals surface area contributed by atoms with Gasteiger partial charge in [0, 0.05) is 0 Å². The fraction of sp³-hybridized carbons (Fsp3) is 0.111. The lowest BCUT2D eigenvalue weighted by atomic mass is 9.89. The van der Waals surface area contributed by atoms with E-state index in [9.17, 15) is 0 Å². The third-order valence-corrected chi connectivity index (χ3v) is 9.74. The molecule has 1 heterocycles. The molecule has 0 saturated heterocycles. The van der Waals surface area contributed by atoms with Crippen LogP contribution >= 0.6 is 0 Å². The Bertz CT molecular complexity index is 1200. The van der Waals surface area contributed by atoms with Crippen molar-refractivity contribution in [3.05, 3.63) is 96.6 Å². The molecule has 1 heteroatoms. The van der Waals surface area contributed by atoms with Gasteiger partial charge in [-0.05, 0) is 50.7 Å². The van der Waals surface area contributed by atoms with Crippen LogP contribution in [0.3, 0.4) is 0 Å². The Balaban J connectivity index is 2.02. The summed E-state index contributed by atoms with van der Waals surface area (Å²) in [5.74, 6) is 0. The molecule has 5 rings (SSSR count). The molecular weight excluding hydrogens is 352 g/mol. The van der Waals surface area contributed by atoms with Crippen LogP contribution in [0, 0.1) is 6.92 Å². The molecule has 0 unspecified atom stereocenters. The van der Waals surface area contributed by atoms with Crippen LogP contribution in [0.25, 0.3) is 33.4 Å². The molecule has 1 aliphatic heterocycles. The molecule has 4 aromatic rings. The monoisotopic (exact) mass is 376 g/mol. The summed E-state index contributed by atoms with van der Waals surface area (Å²) in [6.07, 6.45) is 0. The van der Waals surface area contributed by atoms with E-state index in [1.54, 1.807) is 0 Å². The number of rotatable bonds is 0. The summed E-state index contributed by atoms with van der Waals surface area (Å²) < 4.78 is 0.